The molecule has 0 atom stereocenters. The molecule has 2 aromatic rings. The Balaban J connectivity index is 1.78. The van der Waals surface area contributed by atoms with E-state index < -0.39 is 10.0 Å². The lowest BCUT2D eigenvalue weighted by molar-refractivity contribution is -0.121. The van der Waals surface area contributed by atoms with Crippen LogP contribution in [0.4, 0.5) is 0 Å². The minimum absolute atomic E-state index is 0.0211. The Morgan fingerprint density at radius 3 is 2.58 bits per heavy atom. The number of amides is 1. The maximum absolute atomic E-state index is 12.1. The van der Waals surface area contributed by atoms with Crippen LogP contribution in [-0.4, -0.2) is 33.0 Å². The van der Waals surface area contributed by atoms with E-state index in [-0.39, 0.29) is 23.8 Å². The molecule has 2 N–H and O–H groups in total. The molecule has 0 spiro atoms. The molecule has 0 bridgehead atoms. The molecule has 0 radical (unpaired) electrons. The Labute approximate surface area is 141 Å². The first kappa shape index (κ1) is 17.9. The molecule has 0 fully saturated rings. The number of hydrogen-bond donors (Lipinski definition) is 2. The normalized spacial score (nSPS) is 11.0. The lowest BCUT2D eigenvalue weighted by Crippen LogP contribution is -2.30. The van der Waals surface area contributed by atoms with Gasteiger partial charge in [-0.1, -0.05) is 6.07 Å². The van der Waals surface area contributed by atoms with E-state index in [0.29, 0.717) is 12.3 Å². The topological polar surface area (TPSA) is 97.4 Å². The lowest BCUT2D eigenvalue weighted by atomic mass is 10.3. The van der Waals surface area contributed by atoms with E-state index >= 15 is 0 Å². The number of aromatic nitrogens is 1. The molecule has 0 aliphatic heterocycles. The number of nitrogens with zero attached hydrogens (tertiary/aromatic N) is 1. The van der Waals surface area contributed by atoms with Gasteiger partial charge in [-0.15, -0.1) is 0 Å². The summed E-state index contributed by atoms with van der Waals surface area (Å²) >= 11 is 0. The number of methoxy groups -OCH3 is 1. The molecule has 8 heteroatoms. The van der Waals surface area contributed by atoms with Crippen molar-refractivity contribution in [1.82, 2.24) is 15.0 Å². The van der Waals surface area contributed by atoms with E-state index in [1.807, 2.05) is 6.07 Å². The maximum atomic E-state index is 12.1. The summed E-state index contributed by atoms with van der Waals surface area (Å²) in [6.45, 7) is 0.380. The predicted octanol–water partition coefficient (Wildman–Crippen LogP) is 1.07. The molecule has 1 amide bonds. The largest absolute Gasteiger partial charge is 0.497 e. The fraction of sp³-hybridized carbons (Fsp3) is 0.250. The molecule has 0 aliphatic carbocycles. The molecule has 128 valence electrons. The molecule has 0 unspecified atom stereocenters. The standard InChI is InChI=1S/C16H19N3O4S/c1-23-14-4-6-15(7-5-14)24(21,22)19-10-8-16(20)18-12-13-3-2-9-17-11-13/h2-7,9,11,19H,8,10,12H2,1H3,(H,18,20). The molecular formula is C16H19N3O4S. The van der Waals surface area contributed by atoms with Gasteiger partial charge in [0.1, 0.15) is 5.75 Å². The van der Waals surface area contributed by atoms with E-state index in [9.17, 15) is 13.2 Å². The van der Waals surface area contributed by atoms with Crippen LogP contribution in [0.2, 0.25) is 0 Å². The van der Waals surface area contributed by atoms with Crippen LogP contribution in [0.3, 0.4) is 0 Å². The van der Waals surface area contributed by atoms with Crippen molar-refractivity contribution < 1.29 is 17.9 Å². The van der Waals surface area contributed by atoms with Gasteiger partial charge < -0.3 is 10.1 Å². The second-order valence-electron chi connectivity index (χ2n) is 4.96. The number of sulfonamides is 1. The molecule has 0 saturated carbocycles. The smallest absolute Gasteiger partial charge is 0.240 e. The maximum Gasteiger partial charge on any atom is 0.240 e. The van der Waals surface area contributed by atoms with Crippen molar-refractivity contribution in [2.75, 3.05) is 13.7 Å². The number of benzene rings is 1. The quantitative estimate of drug-likeness (QED) is 0.743. The van der Waals surface area contributed by atoms with Crippen LogP contribution in [0.15, 0.2) is 53.7 Å². The van der Waals surface area contributed by atoms with Crippen molar-refractivity contribution in [2.45, 2.75) is 17.9 Å². The van der Waals surface area contributed by atoms with Gasteiger partial charge in [0.2, 0.25) is 15.9 Å². The minimum Gasteiger partial charge on any atom is -0.497 e. The zero-order valence-electron chi connectivity index (χ0n) is 13.2. The average Bonchev–Trinajstić information content (AvgIpc) is 2.61. The Bertz CT molecular complexity index is 762. The zero-order valence-corrected chi connectivity index (χ0v) is 14.0. The first-order chi connectivity index (χ1) is 11.5. The SMILES string of the molecule is COc1ccc(S(=O)(=O)NCCC(=O)NCc2cccnc2)cc1. The fourth-order valence-corrected chi connectivity index (χ4v) is 2.96. The molecule has 24 heavy (non-hydrogen) atoms. The summed E-state index contributed by atoms with van der Waals surface area (Å²) in [5.74, 6) is 0.333. The molecule has 1 heterocycles. The van der Waals surface area contributed by atoms with Crippen LogP contribution in [0.1, 0.15) is 12.0 Å². The van der Waals surface area contributed by atoms with Gasteiger partial charge >= 0.3 is 0 Å². The highest BCUT2D eigenvalue weighted by molar-refractivity contribution is 7.89. The Kier molecular flexibility index (Phi) is 6.28. The third kappa shape index (κ3) is 5.32. The van der Waals surface area contributed by atoms with Gasteiger partial charge in [0.05, 0.1) is 12.0 Å². The van der Waals surface area contributed by atoms with E-state index in [2.05, 4.69) is 15.0 Å². The summed E-state index contributed by atoms with van der Waals surface area (Å²) in [5, 5.41) is 2.71. The van der Waals surface area contributed by atoms with Crippen LogP contribution in [-0.2, 0) is 21.4 Å². The van der Waals surface area contributed by atoms with Crippen molar-refractivity contribution in [3.63, 3.8) is 0 Å². The van der Waals surface area contributed by atoms with Crippen molar-refractivity contribution in [1.29, 1.82) is 0 Å². The second kappa shape index (κ2) is 8.42. The lowest BCUT2D eigenvalue weighted by Gasteiger charge is -2.08. The van der Waals surface area contributed by atoms with Gasteiger partial charge in [-0.2, -0.15) is 0 Å². The summed E-state index contributed by atoms with van der Waals surface area (Å²) in [4.78, 5) is 15.8. The van der Waals surface area contributed by atoms with Gasteiger partial charge in [0, 0.05) is 31.9 Å². The summed E-state index contributed by atoms with van der Waals surface area (Å²) in [5.41, 5.74) is 0.879. The first-order valence-corrected chi connectivity index (χ1v) is 8.79. The third-order valence-electron chi connectivity index (χ3n) is 3.23. The van der Waals surface area contributed by atoms with Gasteiger partial charge in [-0.05, 0) is 35.9 Å². The number of ether oxygens (including phenoxy) is 1. The number of pyridine rings is 1. The van der Waals surface area contributed by atoms with Crippen molar-refractivity contribution in [2.24, 2.45) is 0 Å². The second-order valence-corrected chi connectivity index (χ2v) is 6.73. The summed E-state index contributed by atoms with van der Waals surface area (Å²) in [7, 11) is -2.14. The average molecular weight is 349 g/mol. The van der Waals surface area contributed by atoms with E-state index in [1.165, 1.54) is 19.2 Å². The Morgan fingerprint density at radius 1 is 1.21 bits per heavy atom. The van der Waals surface area contributed by atoms with E-state index in [4.69, 9.17) is 4.74 Å². The van der Waals surface area contributed by atoms with Crippen molar-refractivity contribution >= 4 is 15.9 Å². The molecule has 1 aromatic carbocycles. The highest BCUT2D eigenvalue weighted by Crippen LogP contribution is 2.15. The van der Waals surface area contributed by atoms with Crippen LogP contribution < -0.4 is 14.8 Å². The van der Waals surface area contributed by atoms with Crippen LogP contribution in [0.25, 0.3) is 0 Å². The van der Waals surface area contributed by atoms with Gasteiger partial charge in [0.15, 0.2) is 0 Å². The summed E-state index contributed by atoms with van der Waals surface area (Å²) in [6, 6.07) is 9.65. The van der Waals surface area contributed by atoms with Gasteiger partial charge in [-0.3, -0.25) is 9.78 Å². The summed E-state index contributed by atoms with van der Waals surface area (Å²) < 4.78 is 31.6. The van der Waals surface area contributed by atoms with E-state index in [1.54, 1.807) is 30.6 Å². The number of carbonyl (C=O) groups excluding carboxylic acids is 1. The Morgan fingerprint density at radius 2 is 1.96 bits per heavy atom. The number of hydrogen-bond acceptors (Lipinski definition) is 5. The first-order valence-electron chi connectivity index (χ1n) is 7.30. The fourth-order valence-electron chi connectivity index (χ4n) is 1.93. The molecule has 2 rings (SSSR count). The summed E-state index contributed by atoms with van der Waals surface area (Å²) in [6.07, 6.45) is 3.36. The highest BCUT2D eigenvalue weighted by Gasteiger charge is 2.14. The number of carbonyl (C=O) groups is 1. The molecular weight excluding hydrogens is 330 g/mol. The number of nitrogens with one attached hydrogen (secondary N) is 2. The van der Waals surface area contributed by atoms with Crippen LogP contribution in [0.5, 0.6) is 5.75 Å². The number of rotatable bonds is 8. The van der Waals surface area contributed by atoms with Crippen LogP contribution in [0, 0.1) is 0 Å². The highest BCUT2D eigenvalue weighted by atomic mass is 32.2. The monoisotopic (exact) mass is 349 g/mol. The van der Waals surface area contributed by atoms with Gasteiger partial charge in [0.25, 0.3) is 0 Å². The molecule has 1 aromatic heterocycles. The van der Waals surface area contributed by atoms with Gasteiger partial charge in [-0.25, -0.2) is 13.1 Å². The molecule has 7 nitrogen and oxygen atoms in total. The van der Waals surface area contributed by atoms with Crippen LogP contribution >= 0.6 is 0 Å². The minimum atomic E-state index is -3.64. The molecule has 0 aliphatic rings. The Hall–Kier alpha value is -2.45. The zero-order chi connectivity index (χ0) is 17.4. The third-order valence-corrected chi connectivity index (χ3v) is 4.70. The van der Waals surface area contributed by atoms with E-state index in [0.717, 1.165) is 5.56 Å². The van der Waals surface area contributed by atoms with Crippen molar-refractivity contribution in [3.05, 3.63) is 54.4 Å². The molecule has 0 saturated heterocycles. The predicted molar refractivity (Wildman–Crippen MR) is 88.9 cm³/mol. The van der Waals surface area contributed by atoms with Crippen molar-refractivity contribution in [3.8, 4) is 5.75 Å².